The maximum atomic E-state index is 10.2. The van der Waals surface area contributed by atoms with E-state index >= 15 is 0 Å². The van der Waals surface area contributed by atoms with Crippen molar-refractivity contribution in [3.8, 4) is 0 Å². The third-order valence-electron chi connectivity index (χ3n) is 3.29. The van der Waals surface area contributed by atoms with E-state index in [0.717, 1.165) is 12.8 Å². The summed E-state index contributed by atoms with van der Waals surface area (Å²) in [6, 6.07) is 0. The van der Waals surface area contributed by atoms with Crippen LogP contribution in [0.25, 0.3) is 0 Å². The SMILES string of the molecule is CC(C)[C@@](C)(O)[C@@H]1CCC[C@H](C)O1. The van der Waals surface area contributed by atoms with Gasteiger partial charge < -0.3 is 9.84 Å². The third-order valence-corrected chi connectivity index (χ3v) is 3.29. The predicted octanol–water partition coefficient (Wildman–Crippen LogP) is 2.35. The second-order valence-corrected chi connectivity index (χ2v) is 4.75. The number of rotatable bonds is 2. The Bertz CT molecular complexity index is 163. The molecule has 0 aromatic heterocycles. The minimum Gasteiger partial charge on any atom is -0.387 e. The molecule has 0 saturated carbocycles. The van der Waals surface area contributed by atoms with Gasteiger partial charge in [0.25, 0.3) is 0 Å². The van der Waals surface area contributed by atoms with E-state index in [0.29, 0.717) is 6.10 Å². The minimum absolute atomic E-state index is 0.0243. The van der Waals surface area contributed by atoms with Gasteiger partial charge in [-0.25, -0.2) is 0 Å². The van der Waals surface area contributed by atoms with Crippen molar-refractivity contribution in [3.05, 3.63) is 0 Å². The summed E-state index contributed by atoms with van der Waals surface area (Å²) < 4.78 is 5.76. The van der Waals surface area contributed by atoms with Gasteiger partial charge in [0.1, 0.15) is 0 Å². The molecule has 1 N–H and O–H groups in total. The lowest BCUT2D eigenvalue weighted by Crippen LogP contribution is -2.48. The molecule has 1 fully saturated rings. The molecule has 0 amide bonds. The van der Waals surface area contributed by atoms with Crippen LogP contribution in [-0.4, -0.2) is 22.9 Å². The molecule has 0 aliphatic carbocycles. The predicted molar refractivity (Wildman–Crippen MR) is 53.6 cm³/mol. The molecule has 0 aromatic rings. The van der Waals surface area contributed by atoms with E-state index in [4.69, 9.17) is 4.74 Å². The van der Waals surface area contributed by atoms with Gasteiger partial charge in [-0.05, 0) is 39.0 Å². The maximum absolute atomic E-state index is 10.2. The summed E-state index contributed by atoms with van der Waals surface area (Å²) in [5.41, 5.74) is -0.672. The Labute approximate surface area is 81.3 Å². The topological polar surface area (TPSA) is 29.5 Å². The lowest BCUT2D eigenvalue weighted by Gasteiger charge is -2.40. The molecule has 0 bridgehead atoms. The average molecular weight is 186 g/mol. The minimum atomic E-state index is -0.672. The van der Waals surface area contributed by atoms with Gasteiger partial charge in [-0.15, -0.1) is 0 Å². The molecule has 1 heterocycles. The highest BCUT2D eigenvalue weighted by atomic mass is 16.5. The molecule has 0 unspecified atom stereocenters. The van der Waals surface area contributed by atoms with E-state index in [-0.39, 0.29) is 12.0 Å². The summed E-state index contributed by atoms with van der Waals surface area (Å²) >= 11 is 0. The molecule has 0 radical (unpaired) electrons. The summed E-state index contributed by atoms with van der Waals surface area (Å²) in [5.74, 6) is 0.253. The summed E-state index contributed by atoms with van der Waals surface area (Å²) in [6.45, 7) is 8.06. The van der Waals surface area contributed by atoms with Crippen LogP contribution >= 0.6 is 0 Å². The molecule has 1 saturated heterocycles. The number of ether oxygens (including phenoxy) is 1. The van der Waals surface area contributed by atoms with Crippen LogP contribution in [0.3, 0.4) is 0 Å². The van der Waals surface area contributed by atoms with Crippen molar-refractivity contribution in [2.24, 2.45) is 5.92 Å². The molecule has 1 rings (SSSR count). The zero-order chi connectivity index (χ0) is 10.1. The largest absolute Gasteiger partial charge is 0.387 e. The first kappa shape index (κ1) is 11.0. The van der Waals surface area contributed by atoms with E-state index in [9.17, 15) is 5.11 Å². The molecular formula is C11H22O2. The van der Waals surface area contributed by atoms with Crippen molar-refractivity contribution >= 4 is 0 Å². The molecular weight excluding hydrogens is 164 g/mol. The highest BCUT2D eigenvalue weighted by Crippen LogP contribution is 2.31. The normalized spacial score (nSPS) is 34.6. The van der Waals surface area contributed by atoms with Crippen LogP contribution in [0.15, 0.2) is 0 Å². The zero-order valence-corrected chi connectivity index (χ0v) is 9.21. The van der Waals surface area contributed by atoms with Crippen LogP contribution in [-0.2, 0) is 4.74 Å². The fraction of sp³-hybridized carbons (Fsp3) is 1.00. The number of hydrogen-bond donors (Lipinski definition) is 1. The molecule has 2 heteroatoms. The molecule has 0 spiro atoms. The summed E-state index contributed by atoms with van der Waals surface area (Å²) in [7, 11) is 0. The van der Waals surface area contributed by atoms with E-state index in [1.807, 2.05) is 20.8 Å². The fourth-order valence-electron chi connectivity index (χ4n) is 1.81. The highest BCUT2D eigenvalue weighted by molar-refractivity contribution is 4.88. The van der Waals surface area contributed by atoms with Gasteiger partial charge in [-0.3, -0.25) is 0 Å². The first-order chi connectivity index (χ1) is 5.94. The molecule has 13 heavy (non-hydrogen) atoms. The summed E-state index contributed by atoms with van der Waals surface area (Å²) in [4.78, 5) is 0. The zero-order valence-electron chi connectivity index (χ0n) is 9.21. The van der Waals surface area contributed by atoms with E-state index in [2.05, 4.69) is 6.92 Å². The van der Waals surface area contributed by atoms with Gasteiger partial charge >= 0.3 is 0 Å². The monoisotopic (exact) mass is 186 g/mol. The van der Waals surface area contributed by atoms with Crippen molar-refractivity contribution in [2.45, 2.75) is 64.8 Å². The van der Waals surface area contributed by atoms with Gasteiger partial charge in [0.2, 0.25) is 0 Å². The molecule has 0 aromatic carbocycles. The maximum Gasteiger partial charge on any atom is 0.0903 e. The van der Waals surface area contributed by atoms with Crippen molar-refractivity contribution < 1.29 is 9.84 Å². The summed E-state index contributed by atoms with van der Waals surface area (Å²) in [5, 5.41) is 10.2. The molecule has 1 aliphatic rings. The second-order valence-electron chi connectivity index (χ2n) is 4.75. The number of hydrogen-bond acceptors (Lipinski definition) is 2. The van der Waals surface area contributed by atoms with Crippen molar-refractivity contribution in [1.82, 2.24) is 0 Å². The van der Waals surface area contributed by atoms with Gasteiger partial charge in [0.05, 0.1) is 17.8 Å². The lowest BCUT2D eigenvalue weighted by molar-refractivity contribution is -0.161. The first-order valence-electron chi connectivity index (χ1n) is 5.32. The van der Waals surface area contributed by atoms with Crippen molar-refractivity contribution in [3.63, 3.8) is 0 Å². The van der Waals surface area contributed by atoms with Gasteiger partial charge in [-0.2, -0.15) is 0 Å². The van der Waals surface area contributed by atoms with Crippen molar-refractivity contribution in [2.75, 3.05) is 0 Å². The average Bonchev–Trinajstić information content (AvgIpc) is 2.04. The van der Waals surface area contributed by atoms with Gasteiger partial charge in [0.15, 0.2) is 0 Å². The Kier molecular flexibility index (Phi) is 3.36. The molecule has 1 aliphatic heterocycles. The highest BCUT2D eigenvalue weighted by Gasteiger charge is 2.38. The lowest BCUT2D eigenvalue weighted by atomic mass is 9.83. The van der Waals surface area contributed by atoms with Crippen LogP contribution in [0.1, 0.15) is 47.0 Å². The quantitative estimate of drug-likeness (QED) is 0.717. The Morgan fingerprint density at radius 2 is 2.00 bits per heavy atom. The Morgan fingerprint density at radius 3 is 2.46 bits per heavy atom. The van der Waals surface area contributed by atoms with E-state index < -0.39 is 5.60 Å². The summed E-state index contributed by atoms with van der Waals surface area (Å²) in [6.07, 6.45) is 3.63. The second kappa shape index (κ2) is 3.97. The Balaban J connectivity index is 2.59. The third kappa shape index (κ3) is 2.44. The van der Waals surface area contributed by atoms with Crippen LogP contribution in [0, 0.1) is 5.92 Å². The van der Waals surface area contributed by atoms with Crippen LogP contribution in [0.4, 0.5) is 0 Å². The van der Waals surface area contributed by atoms with Gasteiger partial charge in [0, 0.05) is 0 Å². The van der Waals surface area contributed by atoms with Crippen LogP contribution in [0.5, 0.6) is 0 Å². The van der Waals surface area contributed by atoms with E-state index in [1.54, 1.807) is 0 Å². The van der Waals surface area contributed by atoms with Crippen LogP contribution < -0.4 is 0 Å². The smallest absolute Gasteiger partial charge is 0.0903 e. The number of aliphatic hydroxyl groups is 1. The molecule has 3 atom stereocenters. The fourth-order valence-corrected chi connectivity index (χ4v) is 1.81. The standard InChI is InChI=1S/C11H22O2/c1-8(2)11(4,12)10-7-5-6-9(3)13-10/h8-10,12H,5-7H2,1-4H3/t9-,10-,11+/m0/s1. The van der Waals surface area contributed by atoms with E-state index in [1.165, 1.54) is 6.42 Å². The molecule has 2 nitrogen and oxygen atoms in total. The van der Waals surface area contributed by atoms with Crippen molar-refractivity contribution in [1.29, 1.82) is 0 Å². The molecule has 78 valence electrons. The Hall–Kier alpha value is -0.0800. The van der Waals surface area contributed by atoms with Gasteiger partial charge in [-0.1, -0.05) is 13.8 Å². The Morgan fingerprint density at radius 1 is 1.38 bits per heavy atom. The van der Waals surface area contributed by atoms with Crippen LogP contribution in [0.2, 0.25) is 0 Å². The first-order valence-corrected chi connectivity index (χ1v) is 5.32.